The highest BCUT2D eigenvalue weighted by Crippen LogP contribution is 2.32. The van der Waals surface area contributed by atoms with Crippen LogP contribution in [0.1, 0.15) is 38.3 Å². The SMILES string of the molecule is CN(C)CCCNC(=O)C(CNC(=O)OC(C)(C)C)Cc1ccc(Oc2ccnc3c2c(C#N)cn3COCC[Si](C)(C)C)cc1. The second-order valence-corrected chi connectivity index (χ2v) is 19.6. The third-order valence-electron chi connectivity index (χ3n) is 7.04. The van der Waals surface area contributed by atoms with Crippen molar-refractivity contribution in [2.24, 2.45) is 5.92 Å². The average Bonchev–Trinajstić information content (AvgIpc) is 3.33. The molecule has 0 saturated carbocycles. The quantitative estimate of drug-likeness (QED) is 0.148. The van der Waals surface area contributed by atoms with Gasteiger partial charge in [0.25, 0.3) is 0 Å². The average molecular weight is 651 g/mol. The number of rotatable bonds is 16. The molecule has 1 aromatic carbocycles. The monoisotopic (exact) mass is 650 g/mol. The van der Waals surface area contributed by atoms with Gasteiger partial charge in [-0.1, -0.05) is 31.8 Å². The summed E-state index contributed by atoms with van der Waals surface area (Å²) in [5, 5.41) is 16.2. The lowest BCUT2D eigenvalue weighted by Crippen LogP contribution is -2.42. The molecule has 0 aliphatic carbocycles. The number of fused-ring (bicyclic) bond motifs is 1. The molecule has 3 rings (SSSR count). The van der Waals surface area contributed by atoms with Gasteiger partial charge in [-0.2, -0.15) is 5.26 Å². The zero-order valence-electron chi connectivity index (χ0n) is 28.6. The van der Waals surface area contributed by atoms with Crippen molar-refractivity contribution in [3.63, 3.8) is 0 Å². The topological polar surface area (TPSA) is 131 Å². The van der Waals surface area contributed by atoms with E-state index in [2.05, 4.69) is 46.2 Å². The zero-order chi connectivity index (χ0) is 33.9. The standard InChI is InChI=1S/C34H50N6O5Si/c1-34(2,3)45-33(42)38-22-26(32(41)37-15-9-17-39(4)5)20-25-10-12-28(13-11-25)44-29-14-16-36-31-30(29)27(21-35)23-40(31)24-43-18-19-46(6,7)8/h10-14,16,23,26H,9,15,17-20,22,24H2,1-8H3,(H,37,41)(H,38,42). The van der Waals surface area contributed by atoms with Crippen LogP contribution in [0.5, 0.6) is 11.5 Å². The lowest BCUT2D eigenvalue weighted by molar-refractivity contribution is -0.124. The molecule has 1 atom stereocenters. The van der Waals surface area contributed by atoms with Crippen LogP contribution in [0, 0.1) is 17.2 Å². The number of nitrogens with zero attached hydrogens (tertiary/aromatic N) is 4. The number of aromatic nitrogens is 2. The Kier molecular flexibility index (Phi) is 13.2. The highest BCUT2D eigenvalue weighted by atomic mass is 28.3. The van der Waals surface area contributed by atoms with E-state index < -0.39 is 25.7 Å². The zero-order valence-corrected chi connectivity index (χ0v) is 29.6. The number of ether oxygens (including phenoxy) is 3. The molecule has 2 amide bonds. The van der Waals surface area contributed by atoms with Crippen molar-refractivity contribution in [1.29, 1.82) is 5.26 Å². The van der Waals surface area contributed by atoms with Gasteiger partial charge in [0, 0.05) is 40.2 Å². The molecule has 3 aromatic rings. The molecule has 1 unspecified atom stereocenters. The van der Waals surface area contributed by atoms with Crippen molar-refractivity contribution in [2.45, 2.75) is 71.6 Å². The number of nitrogens with one attached hydrogen (secondary N) is 2. The van der Waals surface area contributed by atoms with Crippen LogP contribution in [0.25, 0.3) is 11.0 Å². The fourth-order valence-electron chi connectivity index (χ4n) is 4.63. The van der Waals surface area contributed by atoms with Crippen LogP contribution in [-0.2, 0) is 27.4 Å². The van der Waals surface area contributed by atoms with Crippen molar-refractivity contribution in [2.75, 3.05) is 40.3 Å². The van der Waals surface area contributed by atoms with Crippen molar-refractivity contribution in [1.82, 2.24) is 25.1 Å². The summed E-state index contributed by atoms with van der Waals surface area (Å²) in [5.41, 5.74) is 1.35. The van der Waals surface area contributed by atoms with E-state index in [1.807, 2.05) is 42.9 Å². The van der Waals surface area contributed by atoms with E-state index in [1.165, 1.54) is 0 Å². The number of carbonyl (C=O) groups excluding carboxylic acids is 2. The minimum absolute atomic E-state index is 0.132. The van der Waals surface area contributed by atoms with Gasteiger partial charge in [0.1, 0.15) is 35.5 Å². The van der Waals surface area contributed by atoms with Crippen LogP contribution >= 0.6 is 0 Å². The molecule has 46 heavy (non-hydrogen) atoms. The normalized spacial score (nSPS) is 12.5. The van der Waals surface area contributed by atoms with Gasteiger partial charge in [-0.25, -0.2) is 9.78 Å². The van der Waals surface area contributed by atoms with Crippen LogP contribution in [0.3, 0.4) is 0 Å². The highest BCUT2D eigenvalue weighted by Gasteiger charge is 2.23. The molecule has 2 aromatic heterocycles. The highest BCUT2D eigenvalue weighted by molar-refractivity contribution is 6.76. The van der Waals surface area contributed by atoms with Gasteiger partial charge in [0.15, 0.2) is 0 Å². The number of carbonyl (C=O) groups is 2. The predicted octanol–water partition coefficient (Wildman–Crippen LogP) is 5.76. The summed E-state index contributed by atoms with van der Waals surface area (Å²) >= 11 is 0. The van der Waals surface area contributed by atoms with Gasteiger partial charge in [-0.15, -0.1) is 0 Å². The molecule has 0 bridgehead atoms. The van der Waals surface area contributed by atoms with Crippen LogP contribution < -0.4 is 15.4 Å². The minimum atomic E-state index is -1.21. The van der Waals surface area contributed by atoms with Gasteiger partial charge >= 0.3 is 6.09 Å². The first-order valence-electron chi connectivity index (χ1n) is 15.8. The van der Waals surface area contributed by atoms with E-state index in [-0.39, 0.29) is 12.5 Å². The molecule has 12 heteroatoms. The summed E-state index contributed by atoms with van der Waals surface area (Å²) in [7, 11) is 2.77. The second-order valence-electron chi connectivity index (χ2n) is 14.0. The van der Waals surface area contributed by atoms with E-state index in [0.717, 1.165) is 24.6 Å². The van der Waals surface area contributed by atoms with Crippen LogP contribution in [0.2, 0.25) is 25.7 Å². The Morgan fingerprint density at radius 1 is 1.11 bits per heavy atom. The lowest BCUT2D eigenvalue weighted by atomic mass is 9.98. The molecule has 0 aliphatic rings. The number of amides is 2. The summed E-state index contributed by atoms with van der Waals surface area (Å²) in [6.07, 6.45) is 4.08. The number of benzene rings is 1. The first kappa shape index (κ1) is 36.5. The maximum absolute atomic E-state index is 13.1. The van der Waals surface area contributed by atoms with Gasteiger partial charge in [0.05, 0.1) is 16.9 Å². The van der Waals surface area contributed by atoms with Gasteiger partial charge in [-0.3, -0.25) is 4.79 Å². The summed E-state index contributed by atoms with van der Waals surface area (Å²) in [4.78, 5) is 32.0. The number of pyridine rings is 1. The number of alkyl carbamates (subject to hydrolysis) is 1. The summed E-state index contributed by atoms with van der Waals surface area (Å²) in [5.74, 6) is 0.472. The Hall–Kier alpha value is -3.92. The first-order valence-corrected chi connectivity index (χ1v) is 19.5. The van der Waals surface area contributed by atoms with Crippen molar-refractivity contribution in [3.8, 4) is 17.6 Å². The fourth-order valence-corrected chi connectivity index (χ4v) is 5.39. The Bertz CT molecular complexity index is 1490. The smallest absolute Gasteiger partial charge is 0.407 e. The molecule has 0 radical (unpaired) electrons. The van der Waals surface area contributed by atoms with Crippen LogP contribution in [0.15, 0.2) is 42.7 Å². The molecule has 0 aliphatic heterocycles. The number of nitriles is 1. The van der Waals surface area contributed by atoms with Gasteiger partial charge in [0.2, 0.25) is 5.91 Å². The van der Waals surface area contributed by atoms with Crippen molar-refractivity contribution in [3.05, 3.63) is 53.9 Å². The lowest BCUT2D eigenvalue weighted by Gasteiger charge is -2.22. The summed E-state index contributed by atoms with van der Waals surface area (Å²) in [6, 6.07) is 12.5. The third kappa shape index (κ3) is 12.1. The Labute approximate surface area is 274 Å². The van der Waals surface area contributed by atoms with E-state index in [9.17, 15) is 14.9 Å². The predicted molar refractivity (Wildman–Crippen MR) is 183 cm³/mol. The molecule has 2 heterocycles. The second kappa shape index (κ2) is 16.6. The molecule has 0 saturated heterocycles. The fraction of sp³-hybridized carbons (Fsp3) is 0.529. The molecular formula is C34H50N6O5Si. The summed E-state index contributed by atoms with van der Waals surface area (Å²) in [6.45, 7) is 14.8. The Morgan fingerprint density at radius 3 is 2.46 bits per heavy atom. The Balaban J connectivity index is 1.71. The molecule has 250 valence electrons. The van der Waals surface area contributed by atoms with E-state index >= 15 is 0 Å². The van der Waals surface area contributed by atoms with Crippen molar-refractivity contribution >= 4 is 31.1 Å². The molecule has 0 fully saturated rings. The van der Waals surface area contributed by atoms with Crippen LogP contribution in [-0.4, -0.2) is 80.5 Å². The molecule has 2 N–H and O–H groups in total. The molecular weight excluding hydrogens is 600 g/mol. The Morgan fingerprint density at radius 2 is 1.83 bits per heavy atom. The first-order chi connectivity index (χ1) is 21.6. The van der Waals surface area contributed by atoms with E-state index in [4.69, 9.17) is 14.2 Å². The van der Waals surface area contributed by atoms with Crippen molar-refractivity contribution < 1.29 is 23.8 Å². The van der Waals surface area contributed by atoms with Gasteiger partial charge < -0.3 is 34.3 Å². The van der Waals surface area contributed by atoms with E-state index in [1.54, 1.807) is 39.2 Å². The molecule has 0 spiro atoms. The maximum atomic E-state index is 13.1. The minimum Gasteiger partial charge on any atom is -0.456 e. The molecule has 11 nitrogen and oxygen atoms in total. The third-order valence-corrected chi connectivity index (χ3v) is 8.75. The number of hydrogen-bond donors (Lipinski definition) is 2. The maximum Gasteiger partial charge on any atom is 0.407 e. The summed E-state index contributed by atoms with van der Waals surface area (Å²) < 4.78 is 19.4. The van der Waals surface area contributed by atoms with Gasteiger partial charge in [-0.05, 0) is 84.1 Å². The largest absolute Gasteiger partial charge is 0.456 e. The number of hydrogen-bond acceptors (Lipinski definition) is 8. The van der Waals surface area contributed by atoms with Crippen LogP contribution in [0.4, 0.5) is 4.79 Å². The van der Waals surface area contributed by atoms with E-state index in [0.29, 0.717) is 54.4 Å².